The van der Waals surface area contributed by atoms with Gasteiger partial charge in [-0.05, 0) is 103 Å². The van der Waals surface area contributed by atoms with Crippen LogP contribution in [0.2, 0.25) is 0 Å². The van der Waals surface area contributed by atoms with Gasteiger partial charge in [-0.2, -0.15) is 0 Å². The van der Waals surface area contributed by atoms with E-state index >= 15 is 0 Å². The van der Waals surface area contributed by atoms with Crippen molar-refractivity contribution in [3.05, 3.63) is 23.8 Å². The Bertz CT molecular complexity index is 840. The fourth-order valence-electron chi connectivity index (χ4n) is 10.6. The summed E-state index contributed by atoms with van der Waals surface area (Å²) in [7, 11) is 0. The summed E-state index contributed by atoms with van der Waals surface area (Å²) in [5.74, 6) is 2.21. The minimum absolute atomic E-state index is 0.00740. The summed E-state index contributed by atoms with van der Waals surface area (Å²) < 4.78 is 0. The van der Waals surface area contributed by atoms with E-state index in [0.29, 0.717) is 41.1 Å². The van der Waals surface area contributed by atoms with Gasteiger partial charge >= 0.3 is 0 Å². The molecule has 5 aliphatic rings. The van der Waals surface area contributed by atoms with Crippen molar-refractivity contribution in [2.24, 2.45) is 50.7 Å². The molecule has 0 saturated heterocycles. The molecule has 2 N–H and O–H groups in total. The Hall–Kier alpha value is -0.600. The summed E-state index contributed by atoms with van der Waals surface area (Å²) >= 11 is 0. The van der Waals surface area contributed by atoms with Gasteiger partial charge in [-0.3, -0.25) is 0 Å². The molecule has 180 valence electrons. The quantitative estimate of drug-likeness (QED) is 0.435. The molecule has 0 amide bonds. The molecule has 0 spiro atoms. The molecule has 9 unspecified atom stereocenters. The molecule has 2 heteroatoms. The smallest absolute Gasteiger partial charge is 0.0594 e. The topological polar surface area (TPSA) is 40.5 Å². The van der Waals surface area contributed by atoms with E-state index in [-0.39, 0.29) is 22.3 Å². The molecule has 4 saturated carbocycles. The van der Waals surface area contributed by atoms with Crippen LogP contribution in [0.25, 0.3) is 0 Å². The standard InChI is InChI=1S/C30H48O2/c1-19-10-15-30(18-31)17-16-28(6)21(25(30)20(19)2)8-9-23-27(5)13-12-24(32)26(3,4)22(27)11-14-29(23,28)7/h8,20,22-25,31-32H,1,9-18H2,2-7H3. The minimum atomic E-state index is -0.163. The van der Waals surface area contributed by atoms with Gasteiger partial charge in [0, 0.05) is 12.0 Å². The Morgan fingerprint density at radius 1 is 0.969 bits per heavy atom. The van der Waals surface area contributed by atoms with E-state index in [2.05, 4.69) is 54.2 Å². The zero-order chi connectivity index (χ0) is 23.3. The molecule has 5 aliphatic carbocycles. The third-order valence-electron chi connectivity index (χ3n) is 13.0. The van der Waals surface area contributed by atoms with Crippen molar-refractivity contribution in [2.45, 2.75) is 105 Å². The summed E-state index contributed by atoms with van der Waals surface area (Å²) in [6, 6.07) is 0. The average Bonchev–Trinajstić information content (AvgIpc) is 2.74. The summed E-state index contributed by atoms with van der Waals surface area (Å²) in [5, 5.41) is 21.5. The Labute approximate surface area is 197 Å². The molecule has 0 aromatic heterocycles. The molecular formula is C30H48O2. The fourth-order valence-corrected chi connectivity index (χ4v) is 10.6. The largest absolute Gasteiger partial charge is 0.396 e. The van der Waals surface area contributed by atoms with Crippen LogP contribution in [0.3, 0.4) is 0 Å². The highest BCUT2D eigenvalue weighted by Crippen LogP contribution is 2.75. The molecule has 2 nitrogen and oxygen atoms in total. The van der Waals surface area contributed by atoms with Crippen molar-refractivity contribution in [3.8, 4) is 0 Å². The monoisotopic (exact) mass is 440 g/mol. The van der Waals surface area contributed by atoms with Crippen molar-refractivity contribution >= 4 is 0 Å². The first-order valence-electron chi connectivity index (χ1n) is 13.5. The molecular weight excluding hydrogens is 392 g/mol. The van der Waals surface area contributed by atoms with Crippen LogP contribution in [0.4, 0.5) is 0 Å². The van der Waals surface area contributed by atoms with E-state index in [0.717, 1.165) is 25.7 Å². The SMILES string of the molecule is C=C1CCC2(CO)CCC3(C)C(=CCC4C5(C)CCC(O)C(C)(C)C5CCC43C)C2C1C. The maximum Gasteiger partial charge on any atom is 0.0594 e. The first-order chi connectivity index (χ1) is 14.9. The molecule has 0 aromatic carbocycles. The second-order valence-corrected chi connectivity index (χ2v) is 14.1. The Morgan fingerprint density at radius 2 is 1.69 bits per heavy atom. The van der Waals surface area contributed by atoms with Gasteiger partial charge in [-0.25, -0.2) is 0 Å². The van der Waals surface area contributed by atoms with Gasteiger partial charge in [0.25, 0.3) is 0 Å². The number of allylic oxidation sites excluding steroid dienone is 3. The van der Waals surface area contributed by atoms with Gasteiger partial charge in [0.05, 0.1) is 6.10 Å². The zero-order valence-electron chi connectivity index (χ0n) is 21.6. The van der Waals surface area contributed by atoms with E-state index in [1.54, 1.807) is 5.57 Å². The molecule has 0 bridgehead atoms. The summed E-state index contributed by atoms with van der Waals surface area (Å²) in [5.41, 5.74) is 3.95. The molecule has 32 heavy (non-hydrogen) atoms. The molecule has 0 aliphatic heterocycles. The van der Waals surface area contributed by atoms with Crippen LogP contribution in [-0.4, -0.2) is 22.9 Å². The second kappa shape index (κ2) is 6.97. The number of aliphatic hydroxyl groups is 2. The highest BCUT2D eigenvalue weighted by atomic mass is 16.3. The first-order valence-corrected chi connectivity index (χ1v) is 13.5. The van der Waals surface area contributed by atoms with E-state index < -0.39 is 0 Å². The molecule has 9 atom stereocenters. The number of rotatable bonds is 1. The highest BCUT2D eigenvalue weighted by Gasteiger charge is 2.68. The Kier molecular flexibility index (Phi) is 5.04. The summed E-state index contributed by atoms with van der Waals surface area (Å²) in [6.07, 6.45) is 12.9. The zero-order valence-corrected chi connectivity index (χ0v) is 21.6. The lowest BCUT2D eigenvalue weighted by molar-refractivity contribution is -0.203. The predicted octanol–water partition coefficient (Wildman–Crippen LogP) is 6.92. The van der Waals surface area contributed by atoms with Gasteiger partial charge in [-0.1, -0.05) is 65.3 Å². The second-order valence-electron chi connectivity index (χ2n) is 14.1. The third kappa shape index (κ3) is 2.61. The molecule has 0 radical (unpaired) electrons. The van der Waals surface area contributed by atoms with Gasteiger partial charge < -0.3 is 10.2 Å². The number of aliphatic hydroxyl groups excluding tert-OH is 2. The van der Waals surface area contributed by atoms with Gasteiger partial charge in [0.15, 0.2) is 0 Å². The molecule has 0 aromatic rings. The predicted molar refractivity (Wildman–Crippen MR) is 132 cm³/mol. The van der Waals surface area contributed by atoms with Crippen molar-refractivity contribution in [1.29, 1.82) is 0 Å². The van der Waals surface area contributed by atoms with Crippen LogP contribution in [-0.2, 0) is 0 Å². The van der Waals surface area contributed by atoms with Crippen LogP contribution in [0.1, 0.15) is 99.3 Å². The van der Waals surface area contributed by atoms with E-state index in [4.69, 9.17) is 0 Å². The maximum atomic E-state index is 10.9. The normalized spacial score (nSPS) is 54.6. The van der Waals surface area contributed by atoms with Crippen LogP contribution in [0, 0.1) is 50.7 Å². The lowest BCUT2D eigenvalue weighted by Gasteiger charge is -2.71. The third-order valence-corrected chi connectivity index (χ3v) is 13.0. The average molecular weight is 441 g/mol. The fraction of sp³-hybridized carbons (Fsp3) is 0.867. The number of hydrogen-bond acceptors (Lipinski definition) is 2. The summed E-state index contributed by atoms with van der Waals surface area (Å²) in [6.45, 7) is 19.7. The van der Waals surface area contributed by atoms with Gasteiger partial charge in [-0.15, -0.1) is 0 Å². The van der Waals surface area contributed by atoms with Crippen molar-refractivity contribution in [1.82, 2.24) is 0 Å². The van der Waals surface area contributed by atoms with Crippen molar-refractivity contribution < 1.29 is 10.2 Å². The first kappa shape index (κ1) is 23.2. The lowest BCUT2D eigenvalue weighted by Crippen LogP contribution is -2.65. The minimum Gasteiger partial charge on any atom is -0.396 e. The number of fused-ring (bicyclic) bond motifs is 7. The molecule has 4 fully saturated rings. The van der Waals surface area contributed by atoms with Crippen LogP contribution in [0.5, 0.6) is 0 Å². The van der Waals surface area contributed by atoms with Crippen LogP contribution in [0.15, 0.2) is 23.8 Å². The lowest BCUT2D eigenvalue weighted by atomic mass is 9.33. The maximum absolute atomic E-state index is 10.9. The number of hydrogen-bond donors (Lipinski definition) is 2. The van der Waals surface area contributed by atoms with E-state index in [1.807, 2.05) is 0 Å². The van der Waals surface area contributed by atoms with Crippen molar-refractivity contribution in [3.63, 3.8) is 0 Å². The van der Waals surface area contributed by atoms with Gasteiger partial charge in [0.2, 0.25) is 0 Å². The highest BCUT2D eigenvalue weighted by molar-refractivity contribution is 5.36. The molecule has 5 rings (SSSR count). The Balaban J connectivity index is 1.60. The van der Waals surface area contributed by atoms with Crippen LogP contribution >= 0.6 is 0 Å². The van der Waals surface area contributed by atoms with E-state index in [1.165, 1.54) is 37.7 Å². The van der Waals surface area contributed by atoms with Crippen LogP contribution < -0.4 is 0 Å². The Morgan fingerprint density at radius 3 is 2.38 bits per heavy atom. The molecule has 0 heterocycles. The van der Waals surface area contributed by atoms with E-state index in [9.17, 15) is 10.2 Å². The van der Waals surface area contributed by atoms with Crippen molar-refractivity contribution in [2.75, 3.05) is 6.61 Å². The van der Waals surface area contributed by atoms with Gasteiger partial charge in [0.1, 0.15) is 0 Å². The summed E-state index contributed by atoms with van der Waals surface area (Å²) in [4.78, 5) is 0.